The van der Waals surface area contributed by atoms with Crippen LogP contribution in [0.25, 0.3) is 0 Å². The smallest absolute Gasteiger partial charge is 0.192 e. The number of epoxide rings is 1. The Morgan fingerprint density at radius 2 is 2.00 bits per heavy atom. The van der Waals surface area contributed by atoms with E-state index < -0.39 is 8.32 Å². The van der Waals surface area contributed by atoms with Gasteiger partial charge in [-0.1, -0.05) is 20.8 Å². The van der Waals surface area contributed by atoms with Crippen molar-refractivity contribution in [2.45, 2.75) is 64.5 Å². The van der Waals surface area contributed by atoms with E-state index in [0.29, 0.717) is 6.61 Å². The molecule has 0 saturated carbocycles. The van der Waals surface area contributed by atoms with E-state index in [4.69, 9.17) is 15.6 Å². The first kappa shape index (κ1) is 14.8. The van der Waals surface area contributed by atoms with Crippen LogP contribution < -0.4 is 0 Å². The molecule has 0 aliphatic carbocycles. The molecule has 0 amide bonds. The van der Waals surface area contributed by atoms with Crippen LogP contribution in [-0.2, 0) is 9.16 Å². The standard InChI is InChI=1S/C14H26O2Si/c1-9-11(2)12-14(6,16-12)10-15-17(7,8)13(3,4)5/h1,11-12H,10H2,2-8H3/t11-,12-,14-/m0/s1. The zero-order valence-corrected chi connectivity index (χ0v) is 13.3. The Morgan fingerprint density at radius 3 is 2.41 bits per heavy atom. The lowest BCUT2D eigenvalue weighted by Gasteiger charge is -2.36. The van der Waals surface area contributed by atoms with E-state index in [1.54, 1.807) is 0 Å². The molecule has 0 N–H and O–H groups in total. The van der Waals surface area contributed by atoms with Crippen LogP contribution in [0.4, 0.5) is 0 Å². The Hall–Kier alpha value is -0.303. The third-order valence-corrected chi connectivity index (χ3v) is 8.66. The van der Waals surface area contributed by atoms with Crippen molar-refractivity contribution in [3.05, 3.63) is 0 Å². The summed E-state index contributed by atoms with van der Waals surface area (Å²) in [7, 11) is -1.68. The molecule has 0 spiro atoms. The van der Waals surface area contributed by atoms with Gasteiger partial charge in [-0.05, 0) is 32.0 Å². The van der Waals surface area contributed by atoms with Crippen LogP contribution in [0.1, 0.15) is 34.6 Å². The second kappa shape index (κ2) is 4.42. The molecular weight excluding hydrogens is 228 g/mol. The molecule has 1 heterocycles. The number of rotatable bonds is 4. The average molecular weight is 254 g/mol. The summed E-state index contributed by atoms with van der Waals surface area (Å²) < 4.78 is 11.9. The summed E-state index contributed by atoms with van der Waals surface area (Å²) in [5.41, 5.74) is -0.165. The lowest BCUT2D eigenvalue weighted by molar-refractivity contribution is 0.187. The van der Waals surface area contributed by atoms with Crippen LogP contribution in [0.3, 0.4) is 0 Å². The second-order valence-corrected chi connectivity index (χ2v) is 11.7. The van der Waals surface area contributed by atoms with Gasteiger partial charge in [0.2, 0.25) is 0 Å². The summed E-state index contributed by atoms with van der Waals surface area (Å²) >= 11 is 0. The zero-order valence-electron chi connectivity index (χ0n) is 12.3. The van der Waals surface area contributed by atoms with Crippen LogP contribution in [0.15, 0.2) is 0 Å². The topological polar surface area (TPSA) is 21.8 Å². The highest BCUT2D eigenvalue weighted by Gasteiger charge is 2.56. The molecule has 0 aromatic rings. The van der Waals surface area contributed by atoms with Gasteiger partial charge in [-0.25, -0.2) is 0 Å². The van der Waals surface area contributed by atoms with E-state index in [-0.39, 0.29) is 22.7 Å². The first-order valence-corrected chi connectivity index (χ1v) is 9.22. The number of hydrogen-bond donors (Lipinski definition) is 0. The van der Waals surface area contributed by atoms with Crippen LogP contribution in [0.2, 0.25) is 18.1 Å². The molecule has 2 nitrogen and oxygen atoms in total. The van der Waals surface area contributed by atoms with E-state index in [2.05, 4.69) is 46.7 Å². The lowest BCUT2D eigenvalue weighted by Crippen LogP contribution is -2.43. The molecule has 1 saturated heterocycles. The Labute approximate surface area is 107 Å². The molecule has 0 aromatic carbocycles. The van der Waals surface area contributed by atoms with Crippen molar-refractivity contribution in [3.8, 4) is 12.3 Å². The quantitative estimate of drug-likeness (QED) is 0.435. The van der Waals surface area contributed by atoms with Crippen molar-refractivity contribution in [2.75, 3.05) is 6.61 Å². The van der Waals surface area contributed by atoms with Crippen molar-refractivity contribution in [1.29, 1.82) is 0 Å². The Bertz CT molecular complexity index is 324. The van der Waals surface area contributed by atoms with Crippen molar-refractivity contribution in [3.63, 3.8) is 0 Å². The van der Waals surface area contributed by atoms with Crippen LogP contribution >= 0.6 is 0 Å². The SMILES string of the molecule is C#C[C@H](C)[C@@H]1O[C@@]1(C)CO[Si](C)(C)C(C)(C)C. The molecule has 1 rings (SSSR count). The normalized spacial score (nSPS) is 30.8. The van der Waals surface area contributed by atoms with Gasteiger partial charge in [-0.3, -0.25) is 0 Å². The summed E-state index contributed by atoms with van der Waals surface area (Å²) in [6, 6.07) is 0. The largest absolute Gasteiger partial charge is 0.414 e. The van der Waals surface area contributed by atoms with E-state index in [0.717, 1.165) is 0 Å². The molecule has 0 aromatic heterocycles. The minimum absolute atomic E-state index is 0.164. The van der Waals surface area contributed by atoms with Gasteiger partial charge in [-0.2, -0.15) is 0 Å². The van der Waals surface area contributed by atoms with E-state index in [1.807, 2.05) is 6.92 Å². The number of hydrogen-bond acceptors (Lipinski definition) is 2. The van der Waals surface area contributed by atoms with Crippen LogP contribution in [0, 0.1) is 18.3 Å². The first-order valence-electron chi connectivity index (χ1n) is 6.31. The fourth-order valence-corrected chi connectivity index (χ4v) is 2.71. The Morgan fingerprint density at radius 1 is 1.47 bits per heavy atom. The third kappa shape index (κ3) is 3.13. The molecule has 0 radical (unpaired) electrons. The van der Waals surface area contributed by atoms with Crippen molar-refractivity contribution >= 4 is 8.32 Å². The maximum atomic E-state index is 6.19. The van der Waals surface area contributed by atoms with Gasteiger partial charge >= 0.3 is 0 Å². The molecule has 1 fully saturated rings. The fraction of sp³-hybridized carbons (Fsp3) is 0.857. The molecule has 98 valence electrons. The predicted molar refractivity (Wildman–Crippen MR) is 74.4 cm³/mol. The van der Waals surface area contributed by atoms with Gasteiger partial charge < -0.3 is 9.16 Å². The molecular formula is C14H26O2Si. The van der Waals surface area contributed by atoms with E-state index in [9.17, 15) is 0 Å². The molecule has 1 aliphatic heterocycles. The highest BCUT2D eigenvalue weighted by Crippen LogP contribution is 2.44. The van der Waals surface area contributed by atoms with Gasteiger partial charge in [0.1, 0.15) is 11.7 Å². The van der Waals surface area contributed by atoms with Crippen LogP contribution in [0.5, 0.6) is 0 Å². The summed E-state index contributed by atoms with van der Waals surface area (Å²) in [6.45, 7) is 16.1. The molecule has 0 bridgehead atoms. The molecule has 3 heteroatoms. The monoisotopic (exact) mass is 254 g/mol. The summed E-state index contributed by atoms with van der Waals surface area (Å²) in [5, 5.41) is 0.242. The summed E-state index contributed by atoms with van der Waals surface area (Å²) in [5.74, 6) is 2.91. The molecule has 17 heavy (non-hydrogen) atoms. The first-order chi connectivity index (χ1) is 7.53. The second-order valence-electron chi connectivity index (χ2n) is 6.86. The Kier molecular flexibility index (Phi) is 3.84. The summed E-state index contributed by atoms with van der Waals surface area (Å²) in [4.78, 5) is 0. The van der Waals surface area contributed by atoms with Crippen LogP contribution in [-0.4, -0.2) is 26.6 Å². The lowest BCUT2D eigenvalue weighted by atomic mass is 9.99. The number of ether oxygens (including phenoxy) is 1. The van der Waals surface area contributed by atoms with Gasteiger partial charge in [0, 0.05) is 5.92 Å². The third-order valence-electron chi connectivity index (χ3n) is 4.18. The molecule has 0 unspecified atom stereocenters. The van der Waals surface area contributed by atoms with Crippen molar-refractivity contribution < 1.29 is 9.16 Å². The van der Waals surface area contributed by atoms with Gasteiger partial charge in [-0.15, -0.1) is 12.3 Å². The molecule has 1 aliphatic rings. The van der Waals surface area contributed by atoms with Gasteiger partial charge in [0.05, 0.1) is 6.61 Å². The fourth-order valence-electron chi connectivity index (χ4n) is 1.63. The predicted octanol–water partition coefficient (Wildman–Crippen LogP) is 3.44. The van der Waals surface area contributed by atoms with Gasteiger partial charge in [0.25, 0.3) is 0 Å². The highest BCUT2D eigenvalue weighted by atomic mass is 28.4. The van der Waals surface area contributed by atoms with E-state index in [1.165, 1.54) is 0 Å². The number of terminal acetylenes is 1. The van der Waals surface area contributed by atoms with E-state index >= 15 is 0 Å². The Balaban J connectivity index is 2.52. The molecule has 3 atom stereocenters. The van der Waals surface area contributed by atoms with Crippen molar-refractivity contribution in [1.82, 2.24) is 0 Å². The highest BCUT2D eigenvalue weighted by molar-refractivity contribution is 6.74. The van der Waals surface area contributed by atoms with Crippen molar-refractivity contribution in [2.24, 2.45) is 5.92 Å². The summed E-state index contributed by atoms with van der Waals surface area (Å²) in [6.07, 6.45) is 5.59. The zero-order chi connectivity index (χ0) is 13.5. The van der Waals surface area contributed by atoms with Gasteiger partial charge in [0.15, 0.2) is 8.32 Å². The average Bonchev–Trinajstić information content (AvgIpc) is 2.86. The minimum atomic E-state index is -1.68. The maximum Gasteiger partial charge on any atom is 0.192 e. The maximum absolute atomic E-state index is 6.19. The minimum Gasteiger partial charge on any atom is -0.414 e.